The molecule has 1 aliphatic rings. The van der Waals surface area contributed by atoms with Crippen LogP contribution in [0.5, 0.6) is 0 Å². The highest BCUT2D eigenvalue weighted by Gasteiger charge is 2.29. The number of hydrogen-bond acceptors (Lipinski definition) is 3. The first-order chi connectivity index (χ1) is 15.6. The third-order valence-corrected chi connectivity index (χ3v) is 7.20. The fourth-order valence-corrected chi connectivity index (χ4v) is 5.24. The van der Waals surface area contributed by atoms with Crippen molar-refractivity contribution in [3.05, 3.63) is 106 Å². The van der Waals surface area contributed by atoms with Crippen LogP contribution >= 0.6 is 35.0 Å². The van der Waals surface area contributed by atoms with Crippen molar-refractivity contribution in [3.8, 4) is 0 Å². The summed E-state index contributed by atoms with van der Waals surface area (Å²) in [7, 11) is 0. The Hall–Kier alpha value is -2.27. The van der Waals surface area contributed by atoms with Gasteiger partial charge in [-0.1, -0.05) is 89.9 Å². The summed E-state index contributed by atoms with van der Waals surface area (Å²) in [5.74, 6) is 0.713. The number of amides is 1. The Morgan fingerprint density at radius 2 is 1.53 bits per heavy atom. The molecule has 4 rings (SSSR count). The molecule has 3 aromatic rings. The van der Waals surface area contributed by atoms with Crippen molar-refractivity contribution < 1.29 is 4.79 Å². The van der Waals surface area contributed by atoms with Gasteiger partial charge < -0.3 is 4.90 Å². The lowest BCUT2D eigenvalue weighted by Crippen LogP contribution is -2.39. The standard InChI is InChI=1S/C26H24Cl2N2OS/c27-22-12-7-13-23(28)21(22)16-25-29-24(18-32-25)26(31)30(17-20-10-5-2-6-11-20)15-14-19-8-3-1-4-9-19/h1-13,24H,14-18H2. The molecule has 0 N–H and O–H groups in total. The number of nitrogens with zero attached hydrogens (tertiary/aromatic N) is 2. The second-order valence-electron chi connectivity index (χ2n) is 7.71. The van der Waals surface area contributed by atoms with E-state index >= 15 is 0 Å². The molecule has 0 bridgehead atoms. The molecule has 0 fully saturated rings. The Balaban J connectivity index is 1.48. The molecule has 1 amide bonds. The molecule has 32 heavy (non-hydrogen) atoms. The first-order valence-corrected chi connectivity index (χ1v) is 12.3. The van der Waals surface area contributed by atoms with E-state index < -0.39 is 0 Å². The number of carbonyl (C=O) groups is 1. The summed E-state index contributed by atoms with van der Waals surface area (Å²) < 4.78 is 0. The van der Waals surface area contributed by atoms with E-state index in [9.17, 15) is 4.79 Å². The molecule has 0 aliphatic carbocycles. The average molecular weight is 483 g/mol. The van der Waals surface area contributed by atoms with Crippen molar-refractivity contribution in [1.82, 2.24) is 4.90 Å². The first kappa shape index (κ1) is 22.9. The number of rotatable bonds is 8. The molecular formula is C26H24Cl2N2OS. The highest BCUT2D eigenvalue weighted by molar-refractivity contribution is 8.14. The lowest BCUT2D eigenvalue weighted by molar-refractivity contribution is -0.132. The second kappa shape index (κ2) is 11.0. The third kappa shape index (κ3) is 5.94. The quantitative estimate of drug-likeness (QED) is 0.376. The highest BCUT2D eigenvalue weighted by Crippen LogP contribution is 2.29. The van der Waals surface area contributed by atoms with Crippen LogP contribution in [0.25, 0.3) is 0 Å². The van der Waals surface area contributed by atoms with Gasteiger partial charge in [0.15, 0.2) is 0 Å². The van der Waals surface area contributed by atoms with Gasteiger partial charge in [0.25, 0.3) is 0 Å². The maximum Gasteiger partial charge on any atom is 0.248 e. The fraction of sp³-hybridized carbons (Fsp3) is 0.231. The van der Waals surface area contributed by atoms with Gasteiger partial charge in [0.2, 0.25) is 5.91 Å². The van der Waals surface area contributed by atoms with E-state index in [4.69, 9.17) is 28.2 Å². The summed E-state index contributed by atoms with van der Waals surface area (Å²) in [6.45, 7) is 1.23. The van der Waals surface area contributed by atoms with E-state index in [1.54, 1.807) is 11.8 Å². The van der Waals surface area contributed by atoms with Crippen LogP contribution < -0.4 is 0 Å². The number of hydrogen-bond donors (Lipinski definition) is 0. The van der Waals surface area contributed by atoms with Gasteiger partial charge in [-0.15, -0.1) is 11.8 Å². The van der Waals surface area contributed by atoms with Gasteiger partial charge in [0.1, 0.15) is 6.04 Å². The van der Waals surface area contributed by atoms with Crippen LogP contribution in [0.1, 0.15) is 16.7 Å². The minimum Gasteiger partial charge on any atom is -0.336 e. The molecule has 164 valence electrons. The van der Waals surface area contributed by atoms with Gasteiger partial charge in [0.05, 0.1) is 5.04 Å². The average Bonchev–Trinajstić information content (AvgIpc) is 3.29. The monoisotopic (exact) mass is 482 g/mol. The molecule has 6 heteroatoms. The molecule has 1 unspecified atom stereocenters. The van der Waals surface area contributed by atoms with Crippen molar-refractivity contribution >= 4 is 45.9 Å². The van der Waals surface area contributed by atoms with Crippen LogP contribution in [0.4, 0.5) is 0 Å². The lowest BCUT2D eigenvalue weighted by Gasteiger charge is -2.25. The number of carbonyl (C=O) groups excluding carboxylic acids is 1. The smallest absolute Gasteiger partial charge is 0.248 e. The van der Waals surface area contributed by atoms with Crippen molar-refractivity contribution in [2.24, 2.45) is 4.99 Å². The Bertz CT molecular complexity index is 1070. The molecule has 0 aromatic heterocycles. The van der Waals surface area contributed by atoms with Gasteiger partial charge in [0, 0.05) is 35.3 Å². The van der Waals surface area contributed by atoms with Gasteiger partial charge >= 0.3 is 0 Å². The zero-order valence-corrected chi connectivity index (χ0v) is 19.9. The van der Waals surface area contributed by atoms with E-state index in [2.05, 4.69) is 24.3 Å². The topological polar surface area (TPSA) is 32.7 Å². The summed E-state index contributed by atoms with van der Waals surface area (Å²) in [6.07, 6.45) is 1.36. The first-order valence-electron chi connectivity index (χ1n) is 10.6. The number of halogens is 2. The normalized spacial score (nSPS) is 15.4. The molecule has 1 heterocycles. The van der Waals surface area contributed by atoms with Crippen LogP contribution in [0.3, 0.4) is 0 Å². The molecule has 1 aliphatic heterocycles. The zero-order valence-electron chi connectivity index (χ0n) is 17.6. The number of benzene rings is 3. The SMILES string of the molecule is O=C(C1CSC(Cc2c(Cl)cccc2Cl)=N1)N(CCc1ccccc1)Cc1ccccc1. The molecule has 3 nitrogen and oxygen atoms in total. The zero-order chi connectivity index (χ0) is 22.3. The number of thioether (sulfide) groups is 1. The van der Waals surface area contributed by atoms with Crippen molar-refractivity contribution in [2.75, 3.05) is 12.3 Å². The Labute approximate surface area is 203 Å². The maximum absolute atomic E-state index is 13.5. The van der Waals surface area contributed by atoms with Crippen molar-refractivity contribution in [2.45, 2.75) is 25.4 Å². The van der Waals surface area contributed by atoms with Crippen molar-refractivity contribution in [3.63, 3.8) is 0 Å². The van der Waals surface area contributed by atoms with Gasteiger partial charge in [-0.2, -0.15) is 0 Å². The molecule has 0 radical (unpaired) electrons. The highest BCUT2D eigenvalue weighted by atomic mass is 35.5. The van der Waals surface area contributed by atoms with E-state index in [-0.39, 0.29) is 11.9 Å². The van der Waals surface area contributed by atoms with Gasteiger partial charge in [-0.3, -0.25) is 9.79 Å². The largest absolute Gasteiger partial charge is 0.336 e. The van der Waals surface area contributed by atoms with E-state index in [0.29, 0.717) is 35.3 Å². The van der Waals surface area contributed by atoms with Crippen LogP contribution in [-0.2, 0) is 24.2 Å². The Morgan fingerprint density at radius 1 is 0.906 bits per heavy atom. The van der Waals surface area contributed by atoms with E-state index in [1.165, 1.54) is 5.56 Å². The number of aliphatic imine (C=N–C) groups is 1. The Morgan fingerprint density at radius 3 is 2.19 bits per heavy atom. The summed E-state index contributed by atoms with van der Waals surface area (Å²) in [4.78, 5) is 20.1. The predicted molar refractivity (Wildman–Crippen MR) is 136 cm³/mol. The summed E-state index contributed by atoms with van der Waals surface area (Å²) in [5, 5.41) is 2.16. The van der Waals surface area contributed by atoms with E-state index in [1.807, 2.05) is 59.5 Å². The second-order valence-corrected chi connectivity index (χ2v) is 9.62. The third-order valence-electron chi connectivity index (χ3n) is 5.42. The van der Waals surface area contributed by atoms with Gasteiger partial charge in [-0.25, -0.2) is 0 Å². The van der Waals surface area contributed by atoms with Crippen LogP contribution in [0, 0.1) is 0 Å². The van der Waals surface area contributed by atoms with Crippen molar-refractivity contribution in [1.29, 1.82) is 0 Å². The summed E-state index contributed by atoms with van der Waals surface area (Å²) >= 11 is 14.3. The minimum atomic E-state index is -0.379. The molecule has 0 saturated carbocycles. The van der Waals surface area contributed by atoms with E-state index in [0.717, 1.165) is 22.6 Å². The Kier molecular flexibility index (Phi) is 7.90. The fourth-order valence-electron chi connectivity index (χ4n) is 3.69. The molecule has 3 aromatic carbocycles. The van der Waals surface area contributed by atoms with Crippen LogP contribution in [0.15, 0.2) is 83.9 Å². The molecule has 1 atom stereocenters. The molecule has 0 spiro atoms. The summed E-state index contributed by atoms with van der Waals surface area (Å²) in [5.41, 5.74) is 3.20. The van der Waals surface area contributed by atoms with Crippen LogP contribution in [-0.4, -0.2) is 34.2 Å². The van der Waals surface area contributed by atoms with Gasteiger partial charge in [-0.05, 0) is 35.2 Å². The predicted octanol–water partition coefficient (Wildman–Crippen LogP) is 6.32. The molecule has 0 saturated heterocycles. The maximum atomic E-state index is 13.5. The lowest BCUT2D eigenvalue weighted by atomic mass is 10.1. The van der Waals surface area contributed by atoms with Crippen LogP contribution in [0.2, 0.25) is 10.0 Å². The molecular weight excluding hydrogens is 459 g/mol. The minimum absolute atomic E-state index is 0.0672. The summed E-state index contributed by atoms with van der Waals surface area (Å²) in [6, 6.07) is 25.5.